The van der Waals surface area contributed by atoms with E-state index in [-0.39, 0.29) is 0 Å². The van der Waals surface area contributed by atoms with Crippen LogP contribution in [0.1, 0.15) is 21.5 Å². The lowest BCUT2D eigenvalue weighted by molar-refractivity contribution is 0.112. The number of hydrogen-bond donors (Lipinski definition) is 0. The smallest absolute Gasteiger partial charge is 0.153 e. The minimum atomic E-state index is 0.533. The summed E-state index contributed by atoms with van der Waals surface area (Å²) in [5.41, 5.74) is 2.78. The third kappa shape index (κ3) is 2.62. The maximum atomic E-state index is 11.0. The summed E-state index contributed by atoms with van der Waals surface area (Å²) in [7, 11) is 0. The fraction of sp³-hybridized carbons (Fsp3) is 0.133. The second-order valence-electron chi connectivity index (χ2n) is 4.10. The molecule has 3 heteroatoms. The van der Waals surface area contributed by atoms with Crippen molar-refractivity contribution in [1.29, 1.82) is 0 Å². The SMILES string of the molecule is Cc1cccc(Oc2ccc(Br)cc2C=O)c1C. The molecule has 2 rings (SSSR count). The van der Waals surface area contributed by atoms with Crippen LogP contribution >= 0.6 is 15.9 Å². The molecule has 0 aromatic heterocycles. The molecule has 0 heterocycles. The first-order chi connectivity index (χ1) is 8.61. The second kappa shape index (κ2) is 5.36. The van der Waals surface area contributed by atoms with E-state index in [4.69, 9.17) is 4.74 Å². The summed E-state index contributed by atoms with van der Waals surface area (Å²) in [5, 5.41) is 0. The highest BCUT2D eigenvalue weighted by atomic mass is 79.9. The van der Waals surface area contributed by atoms with Crippen molar-refractivity contribution in [1.82, 2.24) is 0 Å². The van der Waals surface area contributed by atoms with Gasteiger partial charge in [-0.1, -0.05) is 28.1 Å². The highest BCUT2D eigenvalue weighted by Crippen LogP contribution is 2.30. The lowest BCUT2D eigenvalue weighted by Crippen LogP contribution is -1.93. The molecule has 0 unspecified atom stereocenters. The first-order valence-corrected chi connectivity index (χ1v) is 6.40. The van der Waals surface area contributed by atoms with E-state index in [0.717, 1.165) is 27.6 Å². The van der Waals surface area contributed by atoms with Crippen molar-refractivity contribution in [3.63, 3.8) is 0 Å². The molecular weight excluding hydrogens is 292 g/mol. The number of ether oxygens (including phenoxy) is 1. The molecular formula is C15H13BrO2. The molecule has 18 heavy (non-hydrogen) atoms. The summed E-state index contributed by atoms with van der Waals surface area (Å²) < 4.78 is 6.67. The fourth-order valence-electron chi connectivity index (χ4n) is 1.66. The van der Waals surface area contributed by atoms with Crippen LogP contribution in [0.3, 0.4) is 0 Å². The monoisotopic (exact) mass is 304 g/mol. The fourth-order valence-corrected chi connectivity index (χ4v) is 2.04. The summed E-state index contributed by atoms with van der Waals surface area (Å²) in [6.07, 6.45) is 0.797. The van der Waals surface area contributed by atoms with Crippen LogP contribution in [0, 0.1) is 13.8 Å². The molecule has 2 nitrogen and oxygen atoms in total. The molecule has 0 radical (unpaired) electrons. The van der Waals surface area contributed by atoms with Crippen LogP contribution in [0.2, 0.25) is 0 Å². The molecule has 0 spiro atoms. The van der Waals surface area contributed by atoms with Gasteiger partial charge in [0, 0.05) is 4.47 Å². The number of carbonyl (C=O) groups excluding carboxylic acids is 1. The van der Waals surface area contributed by atoms with E-state index in [9.17, 15) is 4.79 Å². The average Bonchev–Trinajstić information content (AvgIpc) is 2.37. The van der Waals surface area contributed by atoms with Crippen LogP contribution in [0.4, 0.5) is 0 Å². The lowest BCUT2D eigenvalue weighted by atomic mass is 10.1. The van der Waals surface area contributed by atoms with Crippen molar-refractivity contribution < 1.29 is 9.53 Å². The number of carbonyl (C=O) groups is 1. The topological polar surface area (TPSA) is 26.3 Å². The molecule has 2 aromatic carbocycles. The van der Waals surface area contributed by atoms with Crippen molar-refractivity contribution >= 4 is 22.2 Å². The van der Waals surface area contributed by atoms with Crippen LogP contribution in [0.25, 0.3) is 0 Å². The first-order valence-electron chi connectivity index (χ1n) is 5.60. The molecule has 0 saturated carbocycles. The molecule has 0 bridgehead atoms. The molecule has 0 atom stereocenters. The van der Waals surface area contributed by atoms with Crippen molar-refractivity contribution in [3.05, 3.63) is 57.6 Å². The summed E-state index contributed by atoms with van der Waals surface area (Å²) in [5.74, 6) is 1.35. The molecule has 92 valence electrons. The van der Waals surface area contributed by atoms with Crippen LogP contribution in [0.15, 0.2) is 40.9 Å². The van der Waals surface area contributed by atoms with E-state index in [1.807, 2.05) is 38.1 Å². The Morgan fingerprint density at radius 3 is 2.61 bits per heavy atom. The lowest BCUT2D eigenvalue weighted by Gasteiger charge is -2.12. The maximum absolute atomic E-state index is 11.0. The summed E-state index contributed by atoms with van der Waals surface area (Å²) in [4.78, 5) is 11.0. The Labute approximate surface area is 115 Å². The molecule has 0 fully saturated rings. The zero-order chi connectivity index (χ0) is 13.1. The van der Waals surface area contributed by atoms with Crippen LogP contribution in [0.5, 0.6) is 11.5 Å². The molecule has 0 aliphatic rings. The zero-order valence-corrected chi connectivity index (χ0v) is 11.8. The summed E-state index contributed by atoms with van der Waals surface area (Å²) >= 11 is 3.33. The number of rotatable bonds is 3. The van der Waals surface area contributed by atoms with Gasteiger partial charge in [-0.05, 0) is 49.2 Å². The molecule has 0 amide bonds. The zero-order valence-electron chi connectivity index (χ0n) is 10.2. The maximum Gasteiger partial charge on any atom is 0.153 e. The highest BCUT2D eigenvalue weighted by Gasteiger charge is 2.07. The van der Waals surface area contributed by atoms with E-state index >= 15 is 0 Å². The van der Waals surface area contributed by atoms with Crippen LogP contribution in [-0.4, -0.2) is 6.29 Å². The van der Waals surface area contributed by atoms with E-state index < -0.39 is 0 Å². The number of halogens is 1. The third-order valence-electron chi connectivity index (χ3n) is 2.87. The highest BCUT2D eigenvalue weighted by molar-refractivity contribution is 9.10. The Kier molecular flexibility index (Phi) is 3.82. The number of hydrogen-bond acceptors (Lipinski definition) is 2. The van der Waals surface area contributed by atoms with Gasteiger partial charge in [0.2, 0.25) is 0 Å². The molecule has 0 saturated heterocycles. The van der Waals surface area contributed by atoms with Gasteiger partial charge in [0.15, 0.2) is 6.29 Å². The minimum Gasteiger partial charge on any atom is -0.456 e. The standard InChI is InChI=1S/C15H13BrO2/c1-10-4-3-5-14(11(10)2)18-15-7-6-13(16)8-12(15)9-17/h3-9H,1-2H3. The van der Waals surface area contributed by atoms with Gasteiger partial charge >= 0.3 is 0 Å². The number of aldehydes is 1. The number of aryl methyl sites for hydroxylation is 1. The van der Waals surface area contributed by atoms with Gasteiger partial charge in [-0.15, -0.1) is 0 Å². The molecule has 0 aliphatic carbocycles. The predicted molar refractivity (Wildman–Crippen MR) is 75.5 cm³/mol. The molecule has 0 aliphatic heterocycles. The Hall–Kier alpha value is -1.61. The Morgan fingerprint density at radius 1 is 1.11 bits per heavy atom. The van der Waals surface area contributed by atoms with Gasteiger partial charge in [0.05, 0.1) is 5.56 Å². The number of benzene rings is 2. The van der Waals surface area contributed by atoms with E-state index in [1.165, 1.54) is 0 Å². The van der Waals surface area contributed by atoms with Crippen LogP contribution in [-0.2, 0) is 0 Å². The van der Waals surface area contributed by atoms with E-state index in [0.29, 0.717) is 11.3 Å². The van der Waals surface area contributed by atoms with Gasteiger partial charge in [-0.2, -0.15) is 0 Å². The Balaban J connectivity index is 2.40. The quantitative estimate of drug-likeness (QED) is 0.770. The average molecular weight is 305 g/mol. The van der Waals surface area contributed by atoms with Crippen molar-refractivity contribution in [2.24, 2.45) is 0 Å². The largest absolute Gasteiger partial charge is 0.456 e. The first kappa shape index (κ1) is 12.8. The van der Waals surface area contributed by atoms with Gasteiger partial charge < -0.3 is 4.74 Å². The normalized spacial score (nSPS) is 10.2. The van der Waals surface area contributed by atoms with Gasteiger partial charge in [-0.3, -0.25) is 4.79 Å². The van der Waals surface area contributed by atoms with E-state index in [1.54, 1.807) is 12.1 Å². The summed E-state index contributed by atoms with van der Waals surface area (Å²) in [6, 6.07) is 11.3. The van der Waals surface area contributed by atoms with Crippen molar-refractivity contribution in [3.8, 4) is 11.5 Å². The van der Waals surface area contributed by atoms with Gasteiger partial charge in [-0.25, -0.2) is 0 Å². The van der Waals surface area contributed by atoms with Gasteiger partial charge in [0.25, 0.3) is 0 Å². The summed E-state index contributed by atoms with van der Waals surface area (Å²) in [6.45, 7) is 4.04. The van der Waals surface area contributed by atoms with Gasteiger partial charge in [0.1, 0.15) is 11.5 Å². The van der Waals surface area contributed by atoms with Crippen molar-refractivity contribution in [2.45, 2.75) is 13.8 Å². The molecule has 0 N–H and O–H groups in total. The Morgan fingerprint density at radius 2 is 1.89 bits per heavy atom. The minimum absolute atomic E-state index is 0.533. The second-order valence-corrected chi connectivity index (χ2v) is 5.02. The predicted octanol–water partition coefficient (Wildman–Crippen LogP) is 4.67. The van der Waals surface area contributed by atoms with Crippen molar-refractivity contribution in [2.75, 3.05) is 0 Å². The van der Waals surface area contributed by atoms with E-state index in [2.05, 4.69) is 15.9 Å². The molecule has 2 aromatic rings. The Bertz CT molecular complexity index is 591. The van der Waals surface area contributed by atoms with Crippen LogP contribution < -0.4 is 4.74 Å². The third-order valence-corrected chi connectivity index (χ3v) is 3.37.